The number of esters is 1. The number of hydrogen-bond donors (Lipinski definition) is 0. The van der Waals surface area contributed by atoms with Crippen LogP contribution in [-0.4, -0.2) is 20.2 Å². The van der Waals surface area contributed by atoms with Crippen molar-refractivity contribution in [2.24, 2.45) is 0 Å². The van der Waals surface area contributed by atoms with Gasteiger partial charge in [0.1, 0.15) is 6.61 Å². The Bertz CT molecular complexity index is 563. The van der Waals surface area contributed by atoms with Crippen LogP contribution in [0.2, 0.25) is 0 Å². The fourth-order valence-electron chi connectivity index (χ4n) is 1.75. The lowest BCUT2D eigenvalue weighted by Gasteiger charge is -2.09. The fourth-order valence-corrected chi connectivity index (χ4v) is 2.37. The molecule has 0 aliphatic carbocycles. The van der Waals surface area contributed by atoms with Gasteiger partial charge in [0, 0.05) is 4.88 Å². The summed E-state index contributed by atoms with van der Waals surface area (Å²) in [6.45, 7) is 0.323. The van der Waals surface area contributed by atoms with Crippen molar-refractivity contribution in [2.45, 2.75) is 13.0 Å². The molecule has 0 unspecified atom stereocenters. The Labute approximate surface area is 121 Å². The van der Waals surface area contributed by atoms with E-state index in [1.807, 2.05) is 23.6 Å². The van der Waals surface area contributed by atoms with Crippen LogP contribution in [0.15, 0.2) is 35.7 Å². The van der Waals surface area contributed by atoms with Crippen molar-refractivity contribution < 1.29 is 19.0 Å². The molecule has 1 heterocycles. The molecule has 0 saturated heterocycles. The zero-order valence-corrected chi connectivity index (χ0v) is 12.2. The lowest BCUT2D eigenvalue weighted by atomic mass is 10.1. The van der Waals surface area contributed by atoms with Gasteiger partial charge in [0.05, 0.1) is 20.6 Å². The first-order valence-corrected chi connectivity index (χ1v) is 7.00. The summed E-state index contributed by atoms with van der Waals surface area (Å²) in [6, 6.07) is 9.26. The van der Waals surface area contributed by atoms with Gasteiger partial charge in [0.25, 0.3) is 0 Å². The zero-order valence-electron chi connectivity index (χ0n) is 11.4. The third-order valence-electron chi connectivity index (χ3n) is 2.75. The first-order chi connectivity index (χ1) is 9.72. The Kier molecular flexibility index (Phi) is 5.01. The maximum absolute atomic E-state index is 11.8. The van der Waals surface area contributed by atoms with Crippen molar-refractivity contribution in [3.05, 3.63) is 46.2 Å². The van der Waals surface area contributed by atoms with Crippen molar-refractivity contribution in [1.29, 1.82) is 0 Å². The second-order valence-corrected chi connectivity index (χ2v) is 5.14. The first-order valence-electron chi connectivity index (χ1n) is 6.12. The molecule has 0 amide bonds. The highest BCUT2D eigenvalue weighted by Crippen LogP contribution is 2.27. The van der Waals surface area contributed by atoms with Crippen molar-refractivity contribution >= 4 is 17.3 Å². The van der Waals surface area contributed by atoms with Gasteiger partial charge in [0.2, 0.25) is 0 Å². The Morgan fingerprint density at radius 2 is 1.95 bits per heavy atom. The van der Waals surface area contributed by atoms with Crippen molar-refractivity contribution in [1.82, 2.24) is 0 Å². The van der Waals surface area contributed by atoms with Crippen LogP contribution in [0.3, 0.4) is 0 Å². The summed E-state index contributed by atoms with van der Waals surface area (Å²) in [7, 11) is 3.14. The van der Waals surface area contributed by atoms with Crippen molar-refractivity contribution in [3.63, 3.8) is 0 Å². The van der Waals surface area contributed by atoms with Gasteiger partial charge in [-0.05, 0) is 29.1 Å². The molecule has 0 atom stereocenters. The van der Waals surface area contributed by atoms with Gasteiger partial charge in [-0.3, -0.25) is 4.79 Å². The van der Waals surface area contributed by atoms with Crippen LogP contribution < -0.4 is 9.47 Å². The van der Waals surface area contributed by atoms with Crippen molar-refractivity contribution in [2.75, 3.05) is 14.2 Å². The number of ether oxygens (including phenoxy) is 3. The predicted octanol–water partition coefficient (Wildman–Crippen LogP) is 3.05. The highest BCUT2D eigenvalue weighted by atomic mass is 32.1. The molecular formula is C15H16O4S. The van der Waals surface area contributed by atoms with E-state index in [-0.39, 0.29) is 12.4 Å². The maximum Gasteiger partial charge on any atom is 0.310 e. The second-order valence-electron chi connectivity index (χ2n) is 4.11. The smallest absolute Gasteiger partial charge is 0.310 e. The Morgan fingerprint density at radius 3 is 2.60 bits per heavy atom. The van der Waals surface area contributed by atoms with E-state index in [2.05, 4.69) is 0 Å². The number of methoxy groups -OCH3 is 2. The molecular weight excluding hydrogens is 276 g/mol. The fraction of sp³-hybridized carbons (Fsp3) is 0.267. The Balaban J connectivity index is 1.93. The van der Waals surface area contributed by atoms with E-state index in [0.717, 1.165) is 10.4 Å². The van der Waals surface area contributed by atoms with E-state index in [1.165, 1.54) is 0 Å². The molecule has 0 saturated carbocycles. The van der Waals surface area contributed by atoms with Gasteiger partial charge in [-0.15, -0.1) is 11.3 Å². The molecule has 0 aliphatic heterocycles. The summed E-state index contributed by atoms with van der Waals surface area (Å²) in [5, 5.41) is 1.96. The monoisotopic (exact) mass is 292 g/mol. The molecule has 0 spiro atoms. The molecule has 5 heteroatoms. The molecule has 106 valence electrons. The van der Waals surface area contributed by atoms with E-state index in [0.29, 0.717) is 18.1 Å². The molecule has 0 fully saturated rings. The van der Waals surface area contributed by atoms with E-state index >= 15 is 0 Å². The average molecular weight is 292 g/mol. The lowest BCUT2D eigenvalue weighted by molar-refractivity contribution is -0.144. The van der Waals surface area contributed by atoms with Crippen LogP contribution in [0, 0.1) is 0 Å². The molecule has 0 N–H and O–H groups in total. The van der Waals surface area contributed by atoms with Crippen LogP contribution in [0.1, 0.15) is 10.4 Å². The standard InChI is InChI=1S/C15H16O4S/c1-17-13-6-5-11(8-14(13)18-2)9-15(16)19-10-12-4-3-7-20-12/h3-8H,9-10H2,1-2H3. The third-order valence-corrected chi connectivity index (χ3v) is 3.60. The van der Waals surface area contributed by atoms with Gasteiger partial charge in [-0.1, -0.05) is 12.1 Å². The molecule has 4 nitrogen and oxygen atoms in total. The normalized spacial score (nSPS) is 10.1. The minimum atomic E-state index is -0.259. The third kappa shape index (κ3) is 3.74. The molecule has 0 radical (unpaired) electrons. The summed E-state index contributed by atoms with van der Waals surface area (Å²) < 4.78 is 15.6. The maximum atomic E-state index is 11.8. The Hall–Kier alpha value is -2.01. The summed E-state index contributed by atoms with van der Waals surface area (Å²) in [5.74, 6) is 0.991. The van der Waals surface area contributed by atoms with Gasteiger partial charge in [-0.2, -0.15) is 0 Å². The van der Waals surface area contributed by atoms with Gasteiger partial charge >= 0.3 is 5.97 Å². The first kappa shape index (κ1) is 14.4. The predicted molar refractivity (Wildman–Crippen MR) is 77.4 cm³/mol. The van der Waals surface area contributed by atoms with Gasteiger partial charge in [-0.25, -0.2) is 0 Å². The van der Waals surface area contributed by atoms with Crippen LogP contribution in [-0.2, 0) is 22.6 Å². The molecule has 0 bridgehead atoms. The minimum Gasteiger partial charge on any atom is -0.493 e. The van der Waals surface area contributed by atoms with E-state index in [1.54, 1.807) is 37.7 Å². The number of rotatable bonds is 6. The van der Waals surface area contributed by atoms with E-state index in [4.69, 9.17) is 14.2 Å². The number of benzene rings is 1. The lowest BCUT2D eigenvalue weighted by Crippen LogP contribution is -2.07. The van der Waals surface area contributed by atoms with E-state index in [9.17, 15) is 4.79 Å². The van der Waals surface area contributed by atoms with Crippen LogP contribution in [0.4, 0.5) is 0 Å². The molecule has 20 heavy (non-hydrogen) atoms. The van der Waals surface area contributed by atoms with Crippen LogP contribution in [0.5, 0.6) is 11.5 Å². The summed E-state index contributed by atoms with van der Waals surface area (Å²) in [4.78, 5) is 12.8. The zero-order chi connectivity index (χ0) is 14.4. The molecule has 1 aromatic heterocycles. The van der Waals surface area contributed by atoms with Crippen LogP contribution in [0.25, 0.3) is 0 Å². The second kappa shape index (κ2) is 6.96. The highest BCUT2D eigenvalue weighted by Gasteiger charge is 2.09. The average Bonchev–Trinajstić information content (AvgIpc) is 2.98. The van der Waals surface area contributed by atoms with E-state index < -0.39 is 0 Å². The summed E-state index contributed by atoms with van der Waals surface area (Å²) in [5.41, 5.74) is 0.832. The largest absolute Gasteiger partial charge is 0.493 e. The number of thiophene rings is 1. The number of carbonyl (C=O) groups excluding carboxylic acids is 1. The quantitative estimate of drug-likeness (QED) is 0.768. The van der Waals surface area contributed by atoms with Crippen LogP contribution >= 0.6 is 11.3 Å². The van der Waals surface area contributed by atoms with Crippen molar-refractivity contribution in [3.8, 4) is 11.5 Å². The summed E-state index contributed by atoms with van der Waals surface area (Å²) in [6.07, 6.45) is 0.214. The summed E-state index contributed by atoms with van der Waals surface area (Å²) >= 11 is 1.57. The SMILES string of the molecule is COc1ccc(CC(=O)OCc2cccs2)cc1OC. The number of hydrogen-bond acceptors (Lipinski definition) is 5. The molecule has 2 aromatic rings. The molecule has 0 aliphatic rings. The minimum absolute atomic E-state index is 0.214. The highest BCUT2D eigenvalue weighted by molar-refractivity contribution is 7.09. The number of carbonyl (C=O) groups is 1. The Morgan fingerprint density at radius 1 is 1.15 bits per heavy atom. The molecule has 1 aromatic carbocycles. The van der Waals surface area contributed by atoms with Gasteiger partial charge < -0.3 is 14.2 Å². The van der Waals surface area contributed by atoms with Gasteiger partial charge in [0.15, 0.2) is 11.5 Å². The topological polar surface area (TPSA) is 44.8 Å². The molecule has 2 rings (SSSR count).